The highest BCUT2D eigenvalue weighted by atomic mass is 127. The topological polar surface area (TPSA) is 40.9 Å². The molecule has 0 fully saturated rings. The molecule has 0 saturated heterocycles. The molecule has 14 heavy (non-hydrogen) atoms. The van der Waals surface area contributed by atoms with Crippen molar-refractivity contribution < 1.29 is 4.79 Å². The zero-order chi connectivity index (χ0) is 10.6. The lowest BCUT2D eigenvalue weighted by atomic mass is 10.0. The highest BCUT2D eigenvalue weighted by molar-refractivity contribution is 14.1. The minimum absolute atomic E-state index is 0.131. The Morgan fingerprint density at radius 3 is 2.79 bits per heavy atom. The maximum Gasteiger partial charge on any atom is 0.134 e. The van der Waals surface area contributed by atoms with Crippen LogP contribution >= 0.6 is 22.6 Å². The first-order chi connectivity index (χ1) is 6.63. The van der Waals surface area contributed by atoms with Crippen LogP contribution in [0.3, 0.4) is 0 Å². The summed E-state index contributed by atoms with van der Waals surface area (Å²) in [7, 11) is 0. The lowest BCUT2D eigenvalue weighted by molar-refractivity contribution is -0.116. The molecule has 0 aromatic heterocycles. The SMILES string of the molecule is CC(=O)Cc1cc(I)ccc1CC#N. The highest BCUT2D eigenvalue weighted by Gasteiger charge is 2.05. The Labute approximate surface area is 97.1 Å². The van der Waals surface area contributed by atoms with Gasteiger partial charge in [0.05, 0.1) is 12.5 Å². The standard InChI is InChI=1S/C11H10INO/c1-8(14)6-10-7-11(12)3-2-9(10)4-5-13/h2-3,7H,4,6H2,1H3. The molecule has 0 unspecified atom stereocenters. The summed E-state index contributed by atoms with van der Waals surface area (Å²) in [6.45, 7) is 1.57. The van der Waals surface area contributed by atoms with Crippen LogP contribution in [0.1, 0.15) is 18.1 Å². The maximum atomic E-state index is 11.0. The Balaban J connectivity index is 3.03. The lowest BCUT2D eigenvalue weighted by Crippen LogP contribution is -2.01. The summed E-state index contributed by atoms with van der Waals surface area (Å²) in [6.07, 6.45) is 0.799. The summed E-state index contributed by atoms with van der Waals surface area (Å²) < 4.78 is 1.10. The first-order valence-electron chi connectivity index (χ1n) is 4.27. The molecule has 3 heteroatoms. The average molecular weight is 299 g/mol. The van der Waals surface area contributed by atoms with Gasteiger partial charge in [0.1, 0.15) is 5.78 Å². The van der Waals surface area contributed by atoms with E-state index < -0.39 is 0 Å². The zero-order valence-corrected chi connectivity index (χ0v) is 10.0. The predicted molar refractivity (Wildman–Crippen MR) is 62.9 cm³/mol. The second kappa shape index (κ2) is 5.11. The number of halogens is 1. The van der Waals surface area contributed by atoms with Crippen LogP contribution in [-0.4, -0.2) is 5.78 Å². The van der Waals surface area contributed by atoms with Gasteiger partial charge in [-0.1, -0.05) is 6.07 Å². The number of rotatable bonds is 3. The van der Waals surface area contributed by atoms with Crippen LogP contribution in [0.25, 0.3) is 0 Å². The smallest absolute Gasteiger partial charge is 0.134 e. The van der Waals surface area contributed by atoms with Gasteiger partial charge in [0.25, 0.3) is 0 Å². The molecule has 1 aromatic carbocycles. The number of ketones is 1. The largest absolute Gasteiger partial charge is 0.300 e. The van der Waals surface area contributed by atoms with Gasteiger partial charge in [0.2, 0.25) is 0 Å². The van der Waals surface area contributed by atoms with E-state index in [-0.39, 0.29) is 5.78 Å². The fraction of sp³-hybridized carbons (Fsp3) is 0.273. The average Bonchev–Trinajstić information content (AvgIpc) is 2.09. The van der Waals surface area contributed by atoms with Crippen molar-refractivity contribution in [3.8, 4) is 6.07 Å². The summed E-state index contributed by atoms with van der Waals surface area (Å²) in [5.41, 5.74) is 1.94. The van der Waals surface area contributed by atoms with Crippen LogP contribution in [0, 0.1) is 14.9 Å². The Morgan fingerprint density at radius 1 is 1.50 bits per heavy atom. The third kappa shape index (κ3) is 3.11. The molecule has 0 amide bonds. The van der Waals surface area contributed by atoms with Crippen LogP contribution in [0.2, 0.25) is 0 Å². The van der Waals surface area contributed by atoms with Crippen molar-refractivity contribution in [3.63, 3.8) is 0 Å². The minimum atomic E-state index is 0.131. The van der Waals surface area contributed by atoms with Gasteiger partial charge in [-0.15, -0.1) is 0 Å². The number of Topliss-reactive ketones (excluding diaryl/α,β-unsaturated/α-hetero) is 1. The summed E-state index contributed by atoms with van der Waals surface area (Å²) in [6, 6.07) is 7.95. The van der Waals surface area contributed by atoms with Crippen molar-refractivity contribution in [3.05, 3.63) is 32.9 Å². The fourth-order valence-electron chi connectivity index (χ4n) is 1.28. The molecular weight excluding hydrogens is 289 g/mol. The van der Waals surface area contributed by atoms with E-state index in [1.807, 2.05) is 18.2 Å². The first-order valence-corrected chi connectivity index (χ1v) is 5.35. The molecule has 0 heterocycles. The van der Waals surface area contributed by atoms with Gasteiger partial charge in [0, 0.05) is 9.99 Å². The van der Waals surface area contributed by atoms with Crippen molar-refractivity contribution in [2.24, 2.45) is 0 Å². The molecule has 0 N–H and O–H groups in total. The molecular formula is C11H10INO. The number of hydrogen-bond donors (Lipinski definition) is 0. The third-order valence-corrected chi connectivity index (χ3v) is 2.55. The van der Waals surface area contributed by atoms with E-state index in [9.17, 15) is 4.79 Å². The van der Waals surface area contributed by atoms with Crippen molar-refractivity contribution >= 4 is 28.4 Å². The predicted octanol–water partition coefficient (Wildman–Crippen LogP) is 2.49. The molecule has 0 spiro atoms. The lowest BCUT2D eigenvalue weighted by Gasteiger charge is -2.05. The Morgan fingerprint density at radius 2 is 2.21 bits per heavy atom. The Bertz CT molecular complexity index is 393. The molecule has 0 aliphatic rings. The van der Waals surface area contributed by atoms with E-state index in [0.29, 0.717) is 12.8 Å². The highest BCUT2D eigenvalue weighted by Crippen LogP contribution is 2.15. The van der Waals surface area contributed by atoms with E-state index in [4.69, 9.17) is 5.26 Å². The van der Waals surface area contributed by atoms with Crippen molar-refractivity contribution in [2.75, 3.05) is 0 Å². The molecule has 1 aromatic rings. The van der Waals surface area contributed by atoms with Crippen molar-refractivity contribution in [1.82, 2.24) is 0 Å². The van der Waals surface area contributed by atoms with Crippen LogP contribution in [0.15, 0.2) is 18.2 Å². The van der Waals surface area contributed by atoms with Crippen LogP contribution < -0.4 is 0 Å². The number of nitriles is 1. The molecule has 0 radical (unpaired) electrons. The van der Waals surface area contributed by atoms with Gasteiger partial charge in [-0.25, -0.2) is 0 Å². The van der Waals surface area contributed by atoms with E-state index >= 15 is 0 Å². The first kappa shape index (κ1) is 11.2. The number of carbonyl (C=O) groups excluding carboxylic acids is 1. The number of benzene rings is 1. The monoisotopic (exact) mass is 299 g/mol. The van der Waals surface area contributed by atoms with Gasteiger partial charge in [0.15, 0.2) is 0 Å². The van der Waals surface area contributed by atoms with E-state index in [1.165, 1.54) is 0 Å². The molecule has 0 atom stereocenters. The fourth-order valence-corrected chi connectivity index (χ4v) is 1.84. The van der Waals surface area contributed by atoms with E-state index in [2.05, 4.69) is 28.7 Å². The van der Waals surface area contributed by atoms with Gasteiger partial charge >= 0.3 is 0 Å². The minimum Gasteiger partial charge on any atom is -0.300 e. The molecule has 2 nitrogen and oxygen atoms in total. The van der Waals surface area contributed by atoms with Gasteiger partial charge in [-0.3, -0.25) is 4.79 Å². The molecule has 0 aliphatic heterocycles. The van der Waals surface area contributed by atoms with Crippen LogP contribution in [0.4, 0.5) is 0 Å². The molecule has 0 saturated carbocycles. The van der Waals surface area contributed by atoms with E-state index in [1.54, 1.807) is 6.92 Å². The second-order valence-corrected chi connectivity index (χ2v) is 4.37. The normalized spacial score (nSPS) is 9.50. The quantitative estimate of drug-likeness (QED) is 0.805. The molecule has 0 aliphatic carbocycles. The number of hydrogen-bond acceptors (Lipinski definition) is 2. The Kier molecular flexibility index (Phi) is 4.08. The van der Waals surface area contributed by atoms with Gasteiger partial charge in [-0.05, 0) is 52.8 Å². The second-order valence-electron chi connectivity index (χ2n) is 3.13. The van der Waals surface area contributed by atoms with Gasteiger partial charge < -0.3 is 0 Å². The summed E-state index contributed by atoms with van der Waals surface area (Å²) >= 11 is 2.20. The van der Waals surface area contributed by atoms with Crippen molar-refractivity contribution in [1.29, 1.82) is 5.26 Å². The summed E-state index contributed by atoms with van der Waals surface area (Å²) in [4.78, 5) is 11.0. The molecule has 0 bridgehead atoms. The number of carbonyl (C=O) groups is 1. The van der Waals surface area contributed by atoms with Gasteiger partial charge in [-0.2, -0.15) is 5.26 Å². The Hall–Kier alpha value is -0.890. The van der Waals surface area contributed by atoms with Crippen LogP contribution in [0.5, 0.6) is 0 Å². The molecule has 72 valence electrons. The number of nitrogens with zero attached hydrogens (tertiary/aromatic N) is 1. The van der Waals surface area contributed by atoms with E-state index in [0.717, 1.165) is 14.7 Å². The van der Waals surface area contributed by atoms with Crippen LogP contribution in [-0.2, 0) is 17.6 Å². The summed E-state index contributed by atoms with van der Waals surface area (Å²) in [5, 5.41) is 8.61. The zero-order valence-electron chi connectivity index (χ0n) is 7.88. The molecule has 1 rings (SSSR count). The maximum absolute atomic E-state index is 11.0. The van der Waals surface area contributed by atoms with Crippen molar-refractivity contribution in [2.45, 2.75) is 19.8 Å². The third-order valence-electron chi connectivity index (χ3n) is 1.88. The summed E-state index contributed by atoms with van der Waals surface area (Å²) in [5.74, 6) is 0.131.